The maximum atomic E-state index is 12.5. The van der Waals surface area contributed by atoms with Crippen LogP contribution in [0.1, 0.15) is 43.4 Å². The van der Waals surface area contributed by atoms with Gasteiger partial charge in [0.05, 0.1) is 28.4 Å². The van der Waals surface area contributed by atoms with Gasteiger partial charge in [-0.25, -0.2) is 4.68 Å². The van der Waals surface area contributed by atoms with Crippen molar-refractivity contribution in [2.45, 2.75) is 32.3 Å². The van der Waals surface area contributed by atoms with Crippen LogP contribution in [-0.4, -0.2) is 39.3 Å². The molecule has 10 heteroatoms. The van der Waals surface area contributed by atoms with Gasteiger partial charge in [0.1, 0.15) is 12.1 Å². The van der Waals surface area contributed by atoms with Crippen LogP contribution in [0.25, 0.3) is 5.69 Å². The van der Waals surface area contributed by atoms with Crippen LogP contribution in [0, 0.1) is 11.8 Å². The van der Waals surface area contributed by atoms with Crippen LogP contribution in [0.4, 0.5) is 5.69 Å². The lowest BCUT2D eigenvalue weighted by molar-refractivity contribution is -0.118. The standard InChI is InChI=1S/C29H29Cl2N5O3/c1-18(2)25-13-21(19-6-11-26(30)27(31)14-19)15-39-29(25)20-4-3-5-24(12-20)38-16-28(37)33-22-7-9-23(10-8-22)36-17-32-34-35-36/h3-12,14,17-18,21,25,29H,13,15-16H2,1-2H3,(H,33,37)/t21-,25-,29-/m0/s1. The Balaban J connectivity index is 1.20. The number of nitrogens with zero attached hydrogens (tertiary/aromatic N) is 4. The molecule has 1 saturated heterocycles. The number of hydrogen-bond acceptors (Lipinski definition) is 6. The van der Waals surface area contributed by atoms with Crippen LogP contribution in [0.2, 0.25) is 10.0 Å². The fourth-order valence-electron chi connectivity index (χ4n) is 4.93. The quantitative estimate of drug-likeness (QED) is 0.262. The maximum Gasteiger partial charge on any atom is 0.262 e. The highest BCUT2D eigenvalue weighted by Gasteiger charge is 2.35. The summed E-state index contributed by atoms with van der Waals surface area (Å²) in [5.74, 6) is 1.31. The van der Waals surface area contributed by atoms with Gasteiger partial charge in [-0.15, -0.1) is 5.10 Å². The SMILES string of the molecule is CC(C)[C@@H]1C[C@H](c2ccc(Cl)c(Cl)c2)CO[C@H]1c1cccc(OCC(=O)Nc2ccc(-n3cnnn3)cc2)c1. The minimum absolute atomic E-state index is 0.0694. The van der Waals surface area contributed by atoms with E-state index in [-0.39, 0.29) is 24.5 Å². The summed E-state index contributed by atoms with van der Waals surface area (Å²) in [4.78, 5) is 12.5. The van der Waals surface area contributed by atoms with Gasteiger partial charge in [-0.05, 0) is 88.3 Å². The number of halogens is 2. The average Bonchev–Trinajstić information content (AvgIpc) is 3.49. The molecule has 3 aromatic carbocycles. The first-order valence-electron chi connectivity index (χ1n) is 12.8. The van der Waals surface area contributed by atoms with E-state index < -0.39 is 0 Å². The first kappa shape index (κ1) is 27.1. The summed E-state index contributed by atoms with van der Waals surface area (Å²) in [7, 11) is 0. The van der Waals surface area contributed by atoms with Gasteiger partial charge in [0.15, 0.2) is 6.61 Å². The van der Waals surface area contributed by atoms with E-state index in [2.05, 4.69) is 40.8 Å². The minimum Gasteiger partial charge on any atom is -0.484 e. The molecule has 0 saturated carbocycles. The molecule has 0 aliphatic carbocycles. The van der Waals surface area contributed by atoms with Crippen molar-refractivity contribution in [3.05, 3.63) is 94.2 Å². The van der Waals surface area contributed by atoms with Crippen LogP contribution in [0.15, 0.2) is 73.1 Å². The second-order valence-electron chi connectivity index (χ2n) is 9.98. The van der Waals surface area contributed by atoms with E-state index in [1.807, 2.05) is 48.5 Å². The van der Waals surface area contributed by atoms with Gasteiger partial charge < -0.3 is 14.8 Å². The molecule has 0 bridgehead atoms. The third-order valence-electron chi connectivity index (χ3n) is 7.02. The maximum absolute atomic E-state index is 12.5. The highest BCUT2D eigenvalue weighted by atomic mass is 35.5. The summed E-state index contributed by atoms with van der Waals surface area (Å²) in [6, 6.07) is 20.8. The van der Waals surface area contributed by atoms with E-state index in [1.165, 1.54) is 11.0 Å². The number of carbonyl (C=O) groups is 1. The van der Waals surface area contributed by atoms with Crippen molar-refractivity contribution < 1.29 is 14.3 Å². The summed E-state index contributed by atoms with van der Waals surface area (Å²) in [5.41, 5.74) is 3.62. The molecule has 1 aliphatic rings. The van der Waals surface area contributed by atoms with Crippen molar-refractivity contribution in [3.8, 4) is 11.4 Å². The molecule has 4 aromatic rings. The first-order valence-corrected chi connectivity index (χ1v) is 13.6. The zero-order valence-electron chi connectivity index (χ0n) is 21.6. The fourth-order valence-corrected chi connectivity index (χ4v) is 5.24. The Morgan fingerprint density at radius 1 is 1.08 bits per heavy atom. The normalized spacial score (nSPS) is 19.2. The Morgan fingerprint density at radius 3 is 2.62 bits per heavy atom. The van der Waals surface area contributed by atoms with Gasteiger partial charge in [-0.1, -0.05) is 55.2 Å². The lowest BCUT2D eigenvalue weighted by Crippen LogP contribution is -2.31. The topological polar surface area (TPSA) is 91.2 Å². The molecule has 1 amide bonds. The second-order valence-corrected chi connectivity index (χ2v) is 10.8. The van der Waals surface area contributed by atoms with E-state index in [9.17, 15) is 4.79 Å². The Morgan fingerprint density at radius 2 is 1.90 bits per heavy atom. The van der Waals surface area contributed by atoms with Crippen LogP contribution in [0.3, 0.4) is 0 Å². The van der Waals surface area contributed by atoms with Crippen molar-refractivity contribution in [2.75, 3.05) is 18.5 Å². The Kier molecular flexibility index (Phi) is 8.45. The van der Waals surface area contributed by atoms with Crippen LogP contribution in [0.5, 0.6) is 5.75 Å². The monoisotopic (exact) mass is 565 g/mol. The van der Waals surface area contributed by atoms with Gasteiger partial charge in [-0.2, -0.15) is 0 Å². The zero-order valence-corrected chi connectivity index (χ0v) is 23.1. The summed E-state index contributed by atoms with van der Waals surface area (Å²) < 4.78 is 13.8. The van der Waals surface area contributed by atoms with Gasteiger partial charge in [0.25, 0.3) is 5.91 Å². The molecule has 0 radical (unpaired) electrons. The Hall–Kier alpha value is -3.46. The van der Waals surface area contributed by atoms with Crippen molar-refractivity contribution in [2.24, 2.45) is 11.8 Å². The Labute approximate surface area is 237 Å². The smallest absolute Gasteiger partial charge is 0.262 e. The number of aromatic nitrogens is 4. The molecule has 0 unspecified atom stereocenters. The molecule has 1 N–H and O–H groups in total. The third-order valence-corrected chi connectivity index (χ3v) is 7.75. The molecular weight excluding hydrogens is 537 g/mol. The van der Waals surface area contributed by atoms with Crippen molar-refractivity contribution in [3.63, 3.8) is 0 Å². The molecule has 39 heavy (non-hydrogen) atoms. The van der Waals surface area contributed by atoms with Gasteiger partial charge in [0, 0.05) is 11.6 Å². The van der Waals surface area contributed by atoms with Crippen LogP contribution < -0.4 is 10.1 Å². The summed E-state index contributed by atoms with van der Waals surface area (Å²) in [5, 5.41) is 15.1. The van der Waals surface area contributed by atoms with E-state index in [4.69, 9.17) is 32.7 Å². The average molecular weight is 566 g/mol. The molecule has 2 heterocycles. The highest BCUT2D eigenvalue weighted by Crippen LogP contribution is 2.44. The highest BCUT2D eigenvalue weighted by molar-refractivity contribution is 6.42. The molecule has 0 spiro atoms. The molecule has 5 rings (SSSR count). The molecule has 8 nitrogen and oxygen atoms in total. The summed E-state index contributed by atoms with van der Waals surface area (Å²) in [6.45, 7) is 4.92. The van der Waals surface area contributed by atoms with E-state index in [0.717, 1.165) is 23.2 Å². The minimum atomic E-state index is -0.256. The van der Waals surface area contributed by atoms with Crippen molar-refractivity contribution in [1.29, 1.82) is 0 Å². The van der Waals surface area contributed by atoms with E-state index in [1.54, 1.807) is 12.1 Å². The number of nitrogens with one attached hydrogen (secondary N) is 1. The Bertz CT molecular complexity index is 1410. The van der Waals surface area contributed by atoms with Gasteiger partial charge in [0.2, 0.25) is 0 Å². The molecule has 3 atom stereocenters. The molecule has 202 valence electrons. The fraction of sp³-hybridized carbons (Fsp3) is 0.310. The van der Waals surface area contributed by atoms with Crippen molar-refractivity contribution >= 4 is 34.8 Å². The first-order chi connectivity index (χ1) is 18.9. The molecule has 1 fully saturated rings. The predicted molar refractivity (Wildman–Crippen MR) is 151 cm³/mol. The third kappa shape index (κ3) is 6.58. The van der Waals surface area contributed by atoms with E-state index >= 15 is 0 Å². The number of amides is 1. The van der Waals surface area contributed by atoms with Crippen molar-refractivity contribution in [1.82, 2.24) is 20.2 Å². The number of hydrogen-bond donors (Lipinski definition) is 1. The number of tetrazole rings is 1. The predicted octanol–water partition coefficient (Wildman–Crippen LogP) is 6.50. The molecular formula is C29H29Cl2N5O3. The number of carbonyl (C=O) groups excluding carboxylic acids is 1. The zero-order chi connectivity index (χ0) is 27.4. The number of benzene rings is 3. The number of rotatable bonds is 8. The van der Waals surface area contributed by atoms with Crippen LogP contribution >= 0.6 is 23.2 Å². The number of anilines is 1. The lowest BCUT2D eigenvalue weighted by atomic mass is 9.76. The number of ether oxygens (including phenoxy) is 2. The van der Waals surface area contributed by atoms with Gasteiger partial charge in [-0.3, -0.25) is 4.79 Å². The van der Waals surface area contributed by atoms with E-state index in [0.29, 0.717) is 39.9 Å². The largest absolute Gasteiger partial charge is 0.484 e. The molecule has 1 aromatic heterocycles. The molecule has 1 aliphatic heterocycles. The summed E-state index contributed by atoms with van der Waals surface area (Å²) in [6.07, 6.45) is 2.41. The lowest BCUT2D eigenvalue weighted by Gasteiger charge is -2.39. The van der Waals surface area contributed by atoms with Crippen LogP contribution in [-0.2, 0) is 9.53 Å². The summed E-state index contributed by atoms with van der Waals surface area (Å²) >= 11 is 12.4. The second kappa shape index (κ2) is 12.2. The van der Waals surface area contributed by atoms with Gasteiger partial charge >= 0.3 is 0 Å².